The first-order valence-electron chi connectivity index (χ1n) is 13.1. The molecule has 49 heavy (non-hydrogen) atoms. The Kier molecular flexibility index (Phi) is 12.9. The number of hydrogen-bond acceptors (Lipinski definition) is 8. The summed E-state index contributed by atoms with van der Waals surface area (Å²) in [5.74, 6) is -0.342. The number of halogens is 10. The predicted octanol–water partition coefficient (Wildman–Crippen LogP) is 14.4. The van der Waals surface area contributed by atoms with Gasteiger partial charge in [-0.05, 0) is 38.1 Å². The minimum absolute atomic E-state index is 0.0336. The Labute approximate surface area is 350 Å². The molecule has 2 unspecified atom stereocenters. The molecule has 0 aliphatic carbocycles. The first-order valence-corrected chi connectivity index (χ1v) is 23.3. The molecule has 1 aliphatic rings. The lowest BCUT2D eigenvalue weighted by molar-refractivity contribution is 0.593. The van der Waals surface area contributed by atoms with Crippen molar-refractivity contribution in [3.05, 3.63) is 110 Å². The molecule has 262 valence electrons. The van der Waals surface area contributed by atoms with E-state index in [-0.39, 0.29) is 75.6 Å². The third kappa shape index (κ3) is 7.30. The van der Waals surface area contributed by atoms with E-state index in [4.69, 9.17) is 116 Å². The Hall–Kier alpha value is 1.08. The lowest BCUT2D eigenvalue weighted by Gasteiger charge is -2.32. The molecule has 1 aliphatic heterocycles. The molecule has 0 aromatic heterocycles. The first kappa shape index (κ1) is 41.2. The highest BCUT2D eigenvalue weighted by Crippen LogP contribution is 2.73. The number of rotatable bonds is 8. The Bertz CT molecular complexity index is 2000. The minimum Gasteiger partial charge on any atom is -0.221 e. The van der Waals surface area contributed by atoms with Crippen LogP contribution < -0.4 is 0 Å². The molecule has 5 rings (SSSR count). The van der Waals surface area contributed by atoms with E-state index in [1.807, 2.05) is 0 Å². The van der Waals surface area contributed by atoms with E-state index in [2.05, 4.69) is 0 Å². The van der Waals surface area contributed by atoms with E-state index < -0.39 is 25.8 Å². The maximum absolute atomic E-state index is 14.9. The second-order valence-electron chi connectivity index (χ2n) is 10.2. The zero-order valence-electron chi connectivity index (χ0n) is 24.2. The van der Waals surface area contributed by atoms with Gasteiger partial charge in [0.05, 0.1) is 69.8 Å². The number of hydrogen-bond donors (Lipinski definition) is 0. The lowest BCUT2D eigenvalue weighted by atomic mass is 10.2. The Morgan fingerprint density at radius 1 is 0.510 bits per heavy atom. The van der Waals surface area contributed by atoms with Crippen molar-refractivity contribution < 1.29 is 16.8 Å². The number of aryl methyl sites for hydroxylation is 2. The average molecular weight is 975 g/mol. The van der Waals surface area contributed by atoms with Crippen LogP contribution in [0.1, 0.15) is 11.1 Å². The highest BCUT2D eigenvalue weighted by molar-refractivity contribution is 8.53. The summed E-state index contributed by atoms with van der Waals surface area (Å²) >= 11 is 67.4. The van der Waals surface area contributed by atoms with E-state index >= 15 is 0 Å². The highest BCUT2D eigenvalue weighted by Gasteiger charge is 2.65. The molecule has 4 nitrogen and oxygen atoms in total. The normalized spacial score (nSPS) is 19.8. The van der Waals surface area contributed by atoms with Gasteiger partial charge in [-0.3, -0.25) is 0 Å². The van der Waals surface area contributed by atoms with Crippen LogP contribution >= 0.6 is 163 Å². The predicted molar refractivity (Wildman–Crippen MR) is 217 cm³/mol. The van der Waals surface area contributed by atoms with Gasteiger partial charge in [0.2, 0.25) is 22.4 Å². The van der Waals surface area contributed by atoms with Crippen molar-refractivity contribution in [1.29, 1.82) is 0 Å². The standard InChI is InChI=1S/C29H16Cl10O4S6/c1-12-3-7-14(8-4-12)48(40,41)28(45-26-22(36)18(32)16(30)19(33)23(26)37)11-44-29(47-28,49(42,43)15-9-5-13(2)6-10-15)46-27-24(38)20(34)17(31)21(35)25(27)39/h3-10H,11H2,1-2H3. The summed E-state index contributed by atoms with van der Waals surface area (Å²) in [6, 6.07) is 12.2. The molecule has 0 saturated carbocycles. The summed E-state index contributed by atoms with van der Waals surface area (Å²) in [4.78, 5) is -0.278. The van der Waals surface area contributed by atoms with E-state index in [0.29, 0.717) is 35.3 Å². The van der Waals surface area contributed by atoms with Gasteiger partial charge < -0.3 is 0 Å². The second kappa shape index (κ2) is 15.3. The van der Waals surface area contributed by atoms with Crippen LogP contribution in [0.4, 0.5) is 0 Å². The van der Waals surface area contributed by atoms with Crippen molar-refractivity contribution in [2.24, 2.45) is 0 Å². The summed E-state index contributed by atoms with van der Waals surface area (Å²) in [5.41, 5.74) is 1.59. The molecular weight excluding hydrogens is 959 g/mol. The van der Waals surface area contributed by atoms with Gasteiger partial charge in [0.25, 0.3) is 0 Å². The average Bonchev–Trinajstić information content (AvgIpc) is 3.47. The summed E-state index contributed by atoms with van der Waals surface area (Å²) in [6.07, 6.45) is 0. The Morgan fingerprint density at radius 3 is 1.22 bits per heavy atom. The fourth-order valence-electron chi connectivity index (χ4n) is 4.29. The molecule has 4 aromatic carbocycles. The van der Waals surface area contributed by atoms with Gasteiger partial charge in [-0.15, -0.1) is 11.8 Å². The summed E-state index contributed by atoms with van der Waals surface area (Å²) in [7, 11) is -8.99. The van der Waals surface area contributed by atoms with Crippen molar-refractivity contribution in [2.45, 2.75) is 39.6 Å². The molecule has 0 N–H and O–H groups in total. The molecule has 1 saturated heterocycles. The third-order valence-corrected chi connectivity index (χ3v) is 26.3. The zero-order chi connectivity index (χ0) is 36.4. The third-order valence-electron chi connectivity index (χ3n) is 6.93. The first-order chi connectivity index (χ1) is 22.7. The highest BCUT2D eigenvalue weighted by atomic mass is 35.5. The minimum atomic E-state index is -4.50. The molecule has 4 aromatic rings. The molecule has 1 fully saturated rings. The largest absolute Gasteiger partial charge is 0.221 e. The number of thioether (sulfide) groups is 4. The van der Waals surface area contributed by atoms with Gasteiger partial charge in [-0.25, -0.2) is 16.8 Å². The van der Waals surface area contributed by atoms with E-state index in [1.54, 1.807) is 38.1 Å². The van der Waals surface area contributed by atoms with Crippen LogP contribution in [-0.2, 0) is 19.7 Å². The van der Waals surface area contributed by atoms with E-state index in [0.717, 1.165) is 22.9 Å². The molecular formula is C29H16Cl10O4S6. The molecule has 0 bridgehead atoms. The summed E-state index contributed by atoms with van der Waals surface area (Å²) in [6.45, 7) is 3.59. The maximum Gasteiger partial charge on any atom is 0.220 e. The van der Waals surface area contributed by atoms with Crippen LogP contribution in [0.25, 0.3) is 0 Å². The van der Waals surface area contributed by atoms with Crippen molar-refractivity contribution >= 4 is 183 Å². The second-order valence-corrected chi connectivity index (χ2v) is 25.8. The molecule has 20 heteroatoms. The monoisotopic (exact) mass is 970 g/mol. The van der Waals surface area contributed by atoms with Crippen LogP contribution in [0.2, 0.25) is 50.2 Å². The van der Waals surface area contributed by atoms with Crippen LogP contribution in [-0.4, -0.2) is 28.7 Å². The fourth-order valence-corrected chi connectivity index (χ4v) is 22.0. The SMILES string of the molecule is Cc1ccc(S(=O)(=O)C2(Sc3c(Cl)c(Cl)c(Cl)c(Cl)c3Cl)CSC(Sc3c(Cl)c(Cl)c(Cl)c(Cl)c3Cl)(S(=O)(=O)c3ccc(C)cc3)S2)cc1. The van der Waals surface area contributed by atoms with E-state index in [9.17, 15) is 16.8 Å². The molecule has 0 radical (unpaired) electrons. The molecule has 1 heterocycles. The topological polar surface area (TPSA) is 68.3 Å². The van der Waals surface area contributed by atoms with Crippen molar-refractivity contribution in [3.8, 4) is 0 Å². The molecule has 0 spiro atoms. The van der Waals surface area contributed by atoms with Crippen molar-refractivity contribution in [3.63, 3.8) is 0 Å². The summed E-state index contributed by atoms with van der Waals surface area (Å²) < 4.78 is 55.5. The smallest absolute Gasteiger partial charge is 0.220 e. The Balaban J connectivity index is 1.83. The fraction of sp³-hybridized carbons (Fsp3) is 0.172. The van der Waals surface area contributed by atoms with Gasteiger partial charge in [0.1, 0.15) is 0 Å². The van der Waals surface area contributed by atoms with Crippen LogP contribution in [0.15, 0.2) is 68.1 Å². The number of benzene rings is 4. The quantitative estimate of drug-likeness (QED) is 0.128. The number of sulfone groups is 2. The Morgan fingerprint density at radius 2 is 0.837 bits per heavy atom. The van der Waals surface area contributed by atoms with Gasteiger partial charge in [-0.2, -0.15) is 0 Å². The van der Waals surface area contributed by atoms with Crippen molar-refractivity contribution in [2.75, 3.05) is 5.75 Å². The van der Waals surface area contributed by atoms with Gasteiger partial charge in [-0.1, -0.05) is 187 Å². The van der Waals surface area contributed by atoms with Gasteiger partial charge in [0.15, 0.2) is 3.41 Å². The van der Waals surface area contributed by atoms with Crippen LogP contribution in [0, 0.1) is 13.8 Å². The van der Waals surface area contributed by atoms with E-state index in [1.165, 1.54) is 24.3 Å². The van der Waals surface area contributed by atoms with Gasteiger partial charge >= 0.3 is 0 Å². The molecule has 0 amide bonds. The van der Waals surface area contributed by atoms with Crippen LogP contribution in [0.3, 0.4) is 0 Å². The zero-order valence-corrected chi connectivity index (χ0v) is 36.6. The van der Waals surface area contributed by atoms with Crippen molar-refractivity contribution in [1.82, 2.24) is 0 Å². The van der Waals surface area contributed by atoms with Gasteiger partial charge in [0, 0.05) is 5.75 Å². The summed E-state index contributed by atoms with van der Waals surface area (Å²) in [5, 5.41) is -1.68. The molecule has 2 atom stereocenters. The lowest BCUT2D eigenvalue weighted by Crippen LogP contribution is -2.34. The maximum atomic E-state index is 14.9. The van der Waals surface area contributed by atoms with Crippen LogP contribution in [0.5, 0.6) is 0 Å².